The Labute approximate surface area is 127 Å². The maximum absolute atomic E-state index is 12.2. The van der Waals surface area contributed by atoms with Gasteiger partial charge in [-0.05, 0) is 28.1 Å². The third-order valence-corrected chi connectivity index (χ3v) is 4.19. The molecule has 2 aromatic rings. The Bertz CT molecular complexity index is 809. The average Bonchev–Trinajstić information content (AvgIpc) is 2.40. The van der Waals surface area contributed by atoms with Gasteiger partial charge < -0.3 is 5.11 Å². The first kappa shape index (κ1) is 15.2. The van der Waals surface area contributed by atoms with E-state index < -0.39 is 32.1 Å². The summed E-state index contributed by atoms with van der Waals surface area (Å²) in [6.45, 7) is 0. The fraction of sp³-hybridized carbons (Fsp3) is 0. The zero-order chi connectivity index (χ0) is 15.6. The van der Waals surface area contributed by atoms with E-state index in [0.29, 0.717) is 4.47 Å². The van der Waals surface area contributed by atoms with E-state index in [4.69, 9.17) is 0 Å². The number of phenols is 1. The molecule has 0 saturated carbocycles. The molecule has 0 aliphatic heterocycles. The molecule has 0 bridgehead atoms. The van der Waals surface area contributed by atoms with Gasteiger partial charge in [0.2, 0.25) is 0 Å². The number of pyridine rings is 1. The van der Waals surface area contributed by atoms with Crippen LogP contribution >= 0.6 is 15.9 Å². The lowest BCUT2D eigenvalue weighted by Crippen LogP contribution is -2.14. The van der Waals surface area contributed by atoms with Crippen molar-refractivity contribution in [3.63, 3.8) is 0 Å². The topological polar surface area (TPSA) is 122 Å². The van der Waals surface area contributed by atoms with E-state index in [2.05, 4.69) is 20.9 Å². The van der Waals surface area contributed by atoms with Crippen LogP contribution < -0.4 is 4.72 Å². The van der Waals surface area contributed by atoms with Crippen molar-refractivity contribution in [2.75, 3.05) is 4.72 Å². The van der Waals surface area contributed by atoms with Gasteiger partial charge in [0, 0.05) is 22.9 Å². The summed E-state index contributed by atoms with van der Waals surface area (Å²) in [6, 6.07) is 4.74. The fourth-order valence-corrected chi connectivity index (χ4v) is 3.11. The van der Waals surface area contributed by atoms with E-state index in [1.54, 1.807) is 0 Å². The number of aromatic hydroxyl groups is 1. The van der Waals surface area contributed by atoms with Gasteiger partial charge in [-0.2, -0.15) is 0 Å². The highest BCUT2D eigenvalue weighted by Crippen LogP contribution is 2.34. The maximum Gasteiger partial charge on any atom is 0.297 e. The van der Waals surface area contributed by atoms with Gasteiger partial charge in [0.25, 0.3) is 15.7 Å². The number of hydrogen-bond acceptors (Lipinski definition) is 6. The van der Waals surface area contributed by atoms with Crippen molar-refractivity contribution in [1.82, 2.24) is 4.98 Å². The molecular formula is C11H8BrN3O5S. The molecule has 0 aliphatic carbocycles. The summed E-state index contributed by atoms with van der Waals surface area (Å²) in [4.78, 5) is 13.6. The lowest BCUT2D eigenvalue weighted by atomic mass is 10.2. The molecule has 0 radical (unpaired) electrons. The second kappa shape index (κ2) is 5.66. The van der Waals surface area contributed by atoms with Crippen LogP contribution in [0.1, 0.15) is 0 Å². The van der Waals surface area contributed by atoms with Crippen LogP contribution in [0.5, 0.6) is 5.75 Å². The van der Waals surface area contributed by atoms with Crippen molar-refractivity contribution < 1.29 is 18.4 Å². The maximum atomic E-state index is 12.2. The molecule has 0 unspecified atom stereocenters. The van der Waals surface area contributed by atoms with Crippen molar-refractivity contribution >= 4 is 37.3 Å². The van der Waals surface area contributed by atoms with Crippen LogP contribution in [-0.2, 0) is 10.0 Å². The van der Waals surface area contributed by atoms with E-state index in [0.717, 1.165) is 18.3 Å². The number of rotatable bonds is 4. The van der Waals surface area contributed by atoms with Gasteiger partial charge in [-0.15, -0.1) is 0 Å². The molecule has 2 N–H and O–H groups in total. The number of phenolic OH excluding ortho intramolecular Hbond substituents is 1. The van der Waals surface area contributed by atoms with Gasteiger partial charge in [0.1, 0.15) is 10.6 Å². The molecule has 0 amide bonds. The van der Waals surface area contributed by atoms with Crippen LogP contribution in [0.4, 0.5) is 11.4 Å². The highest BCUT2D eigenvalue weighted by Gasteiger charge is 2.24. The monoisotopic (exact) mass is 373 g/mol. The number of sulfonamides is 1. The van der Waals surface area contributed by atoms with E-state index in [1.165, 1.54) is 18.3 Å². The molecule has 1 aromatic carbocycles. The largest absolute Gasteiger partial charge is 0.505 e. The molecule has 0 saturated heterocycles. The first-order valence-corrected chi connectivity index (χ1v) is 7.68. The Morgan fingerprint density at radius 1 is 1.33 bits per heavy atom. The van der Waals surface area contributed by atoms with Gasteiger partial charge in [0.15, 0.2) is 5.69 Å². The van der Waals surface area contributed by atoms with Gasteiger partial charge in [-0.1, -0.05) is 6.07 Å². The number of benzene rings is 1. The summed E-state index contributed by atoms with van der Waals surface area (Å²) < 4.78 is 26.8. The second-order valence-electron chi connectivity index (χ2n) is 3.87. The minimum Gasteiger partial charge on any atom is -0.505 e. The van der Waals surface area contributed by atoms with Crippen molar-refractivity contribution in [1.29, 1.82) is 0 Å². The molecule has 8 nitrogen and oxygen atoms in total. The summed E-state index contributed by atoms with van der Waals surface area (Å²) in [6.07, 6.45) is 2.47. The van der Waals surface area contributed by atoms with Gasteiger partial charge in [-0.3, -0.25) is 19.8 Å². The lowest BCUT2D eigenvalue weighted by Gasteiger charge is -2.09. The van der Waals surface area contributed by atoms with Crippen molar-refractivity contribution in [2.45, 2.75) is 4.90 Å². The minimum atomic E-state index is -4.12. The van der Waals surface area contributed by atoms with Gasteiger partial charge >= 0.3 is 0 Å². The molecular weight excluding hydrogens is 366 g/mol. The molecule has 1 heterocycles. The van der Waals surface area contributed by atoms with Crippen LogP contribution in [0, 0.1) is 10.1 Å². The number of hydrogen-bond donors (Lipinski definition) is 2. The highest BCUT2D eigenvalue weighted by molar-refractivity contribution is 9.10. The molecule has 10 heteroatoms. The quantitative estimate of drug-likeness (QED) is 0.481. The van der Waals surface area contributed by atoms with Crippen LogP contribution in [0.3, 0.4) is 0 Å². The molecule has 0 fully saturated rings. The number of nitrogens with one attached hydrogen (secondary N) is 1. The first-order chi connectivity index (χ1) is 9.81. The molecule has 2 rings (SSSR count). The Morgan fingerprint density at radius 3 is 2.67 bits per heavy atom. The van der Waals surface area contributed by atoms with Crippen molar-refractivity contribution in [3.8, 4) is 5.75 Å². The third kappa shape index (κ3) is 3.28. The average molecular weight is 374 g/mol. The summed E-state index contributed by atoms with van der Waals surface area (Å²) >= 11 is 3.08. The van der Waals surface area contributed by atoms with Gasteiger partial charge in [-0.25, -0.2) is 8.42 Å². The van der Waals surface area contributed by atoms with Crippen LogP contribution in [0.15, 0.2) is 46.0 Å². The van der Waals surface area contributed by atoms with Crippen molar-refractivity contribution in [3.05, 3.63) is 51.2 Å². The zero-order valence-electron chi connectivity index (χ0n) is 10.2. The normalized spacial score (nSPS) is 11.1. The molecule has 1 aromatic heterocycles. The SMILES string of the molecule is O=[N+]([O-])c1cccc(O)c1NS(=O)(=O)c1cncc(Br)c1. The summed E-state index contributed by atoms with van der Waals surface area (Å²) in [5.41, 5.74) is -1.05. The zero-order valence-corrected chi connectivity index (χ0v) is 12.6. The van der Waals surface area contributed by atoms with E-state index in [9.17, 15) is 23.6 Å². The number of nitrogens with zero attached hydrogens (tertiary/aromatic N) is 2. The Morgan fingerprint density at radius 2 is 2.05 bits per heavy atom. The van der Waals surface area contributed by atoms with Crippen molar-refractivity contribution in [2.24, 2.45) is 0 Å². The smallest absolute Gasteiger partial charge is 0.297 e. The van der Waals surface area contributed by atoms with Crippen LogP contribution in [0.2, 0.25) is 0 Å². The number of aromatic nitrogens is 1. The summed E-state index contributed by atoms with van der Waals surface area (Å²) in [5.74, 6) is -0.546. The molecule has 21 heavy (non-hydrogen) atoms. The molecule has 0 atom stereocenters. The third-order valence-electron chi connectivity index (χ3n) is 2.44. The lowest BCUT2D eigenvalue weighted by molar-refractivity contribution is -0.383. The van der Waals surface area contributed by atoms with Gasteiger partial charge in [0.05, 0.1) is 4.92 Å². The number of halogens is 1. The Kier molecular flexibility index (Phi) is 4.09. The van der Waals surface area contributed by atoms with Crippen LogP contribution in [-0.4, -0.2) is 23.4 Å². The predicted octanol–water partition coefficient (Wildman–Crippen LogP) is 2.26. The Balaban J connectivity index is 2.49. The van der Waals surface area contributed by atoms with E-state index >= 15 is 0 Å². The predicted molar refractivity (Wildman–Crippen MR) is 77.5 cm³/mol. The first-order valence-electron chi connectivity index (χ1n) is 5.41. The Hall–Kier alpha value is -2.20. The number of nitro benzene ring substituents is 1. The standard InChI is InChI=1S/C11H8BrN3O5S/c12-7-4-8(6-13-5-7)21(19,20)14-11-9(15(17)18)2-1-3-10(11)16/h1-6,14,16H. The molecule has 110 valence electrons. The van der Waals surface area contributed by atoms with E-state index in [-0.39, 0.29) is 4.90 Å². The number of nitro groups is 1. The number of anilines is 1. The fourth-order valence-electron chi connectivity index (χ4n) is 1.52. The summed E-state index contributed by atoms with van der Waals surface area (Å²) in [5, 5.41) is 20.5. The minimum absolute atomic E-state index is 0.200. The molecule has 0 aliphatic rings. The summed E-state index contributed by atoms with van der Waals surface area (Å²) in [7, 11) is -4.12. The number of para-hydroxylation sites is 1. The van der Waals surface area contributed by atoms with E-state index in [1.807, 2.05) is 4.72 Å². The highest BCUT2D eigenvalue weighted by atomic mass is 79.9. The van der Waals surface area contributed by atoms with Crippen LogP contribution in [0.25, 0.3) is 0 Å². The second-order valence-corrected chi connectivity index (χ2v) is 6.47. The molecule has 0 spiro atoms.